The van der Waals surface area contributed by atoms with Crippen molar-refractivity contribution in [1.29, 1.82) is 5.26 Å². The fourth-order valence-electron chi connectivity index (χ4n) is 2.48. The molecule has 0 heterocycles. The van der Waals surface area contributed by atoms with E-state index in [1.807, 2.05) is 6.92 Å². The molecule has 1 saturated carbocycles. The molecule has 4 heteroatoms. The van der Waals surface area contributed by atoms with Crippen LogP contribution >= 0.6 is 0 Å². The largest absolute Gasteiger partial charge is 0.490 e. The van der Waals surface area contributed by atoms with Gasteiger partial charge in [-0.05, 0) is 31.9 Å². The highest BCUT2D eigenvalue weighted by Crippen LogP contribution is 2.30. The molecule has 4 nitrogen and oxygen atoms in total. The van der Waals surface area contributed by atoms with Gasteiger partial charge in [0, 0.05) is 12.0 Å². The minimum Gasteiger partial charge on any atom is -0.490 e. The van der Waals surface area contributed by atoms with Gasteiger partial charge in [-0.15, -0.1) is 0 Å². The summed E-state index contributed by atoms with van der Waals surface area (Å²) in [6.07, 6.45) is 4.23. The molecule has 0 atom stereocenters. The van der Waals surface area contributed by atoms with E-state index in [4.69, 9.17) is 14.7 Å². The lowest BCUT2D eigenvalue weighted by Gasteiger charge is -2.13. The van der Waals surface area contributed by atoms with Crippen LogP contribution in [0.3, 0.4) is 0 Å². The van der Waals surface area contributed by atoms with E-state index in [9.17, 15) is 4.79 Å². The van der Waals surface area contributed by atoms with Crippen LogP contribution in [0.15, 0.2) is 18.2 Å². The number of hydrogen-bond acceptors (Lipinski definition) is 4. The minimum atomic E-state index is 0.0800. The van der Waals surface area contributed by atoms with E-state index >= 15 is 0 Å². The van der Waals surface area contributed by atoms with Gasteiger partial charge in [0.1, 0.15) is 6.61 Å². The summed E-state index contributed by atoms with van der Waals surface area (Å²) >= 11 is 0. The number of nitrogens with zero attached hydrogens (tertiary/aromatic N) is 1. The van der Waals surface area contributed by atoms with Crippen LogP contribution in [0.2, 0.25) is 0 Å². The molecule has 0 aliphatic heterocycles. The van der Waals surface area contributed by atoms with Crippen LogP contribution < -0.4 is 9.47 Å². The first-order valence-electron chi connectivity index (χ1n) is 7.07. The Morgan fingerprint density at radius 2 is 2.05 bits per heavy atom. The summed E-state index contributed by atoms with van der Waals surface area (Å²) in [7, 11) is 0. The zero-order valence-electron chi connectivity index (χ0n) is 11.7. The molecule has 0 amide bonds. The van der Waals surface area contributed by atoms with Crippen molar-refractivity contribution in [3.63, 3.8) is 0 Å². The van der Waals surface area contributed by atoms with E-state index in [1.165, 1.54) is 0 Å². The van der Waals surface area contributed by atoms with Crippen LogP contribution in [-0.2, 0) is 4.79 Å². The topological polar surface area (TPSA) is 59.3 Å². The number of rotatable bonds is 6. The summed E-state index contributed by atoms with van der Waals surface area (Å²) in [6, 6.07) is 7.05. The summed E-state index contributed by atoms with van der Waals surface area (Å²) in [5.74, 6) is 1.36. The van der Waals surface area contributed by atoms with Crippen LogP contribution in [0.4, 0.5) is 0 Å². The molecule has 2 rings (SSSR count). The van der Waals surface area contributed by atoms with Crippen molar-refractivity contribution >= 4 is 5.78 Å². The second kappa shape index (κ2) is 6.95. The fraction of sp³-hybridized carbons (Fsp3) is 0.500. The molecule has 0 spiro atoms. The molecule has 0 aromatic heterocycles. The standard InChI is InChI=1S/C16H19NO3/c1-2-19-16-9-12(10-17)7-8-15(16)20-11-14(18)13-5-3-4-6-13/h7-9,13H,2-6,11H2,1H3. The van der Waals surface area contributed by atoms with Crippen LogP contribution in [0.5, 0.6) is 11.5 Å². The Hall–Kier alpha value is -2.02. The zero-order chi connectivity index (χ0) is 14.4. The van der Waals surface area contributed by atoms with E-state index in [2.05, 4.69) is 6.07 Å². The van der Waals surface area contributed by atoms with Crippen molar-refractivity contribution in [3.8, 4) is 17.6 Å². The van der Waals surface area contributed by atoms with Crippen LogP contribution in [0.1, 0.15) is 38.2 Å². The van der Waals surface area contributed by atoms with Gasteiger partial charge < -0.3 is 9.47 Å². The number of carbonyl (C=O) groups excluding carboxylic acids is 1. The van der Waals surface area contributed by atoms with E-state index < -0.39 is 0 Å². The molecule has 1 fully saturated rings. The van der Waals surface area contributed by atoms with Crippen LogP contribution in [-0.4, -0.2) is 19.0 Å². The van der Waals surface area contributed by atoms with Crippen LogP contribution in [0, 0.1) is 17.2 Å². The van der Waals surface area contributed by atoms with E-state index in [-0.39, 0.29) is 18.3 Å². The summed E-state index contributed by atoms with van der Waals surface area (Å²) in [5, 5.41) is 8.88. The number of nitriles is 1. The Labute approximate surface area is 119 Å². The van der Waals surface area contributed by atoms with Crippen molar-refractivity contribution < 1.29 is 14.3 Å². The molecular weight excluding hydrogens is 254 g/mol. The van der Waals surface area contributed by atoms with Crippen molar-refractivity contribution in [3.05, 3.63) is 23.8 Å². The second-order valence-corrected chi connectivity index (χ2v) is 4.94. The highest BCUT2D eigenvalue weighted by atomic mass is 16.5. The van der Waals surface area contributed by atoms with Gasteiger partial charge in [0.05, 0.1) is 18.2 Å². The molecule has 0 saturated heterocycles. The molecule has 20 heavy (non-hydrogen) atoms. The van der Waals surface area contributed by atoms with E-state index in [1.54, 1.807) is 18.2 Å². The number of Topliss-reactive ketones (excluding diaryl/α,β-unsaturated/α-hetero) is 1. The molecule has 0 radical (unpaired) electrons. The first-order chi connectivity index (χ1) is 9.74. The maximum absolute atomic E-state index is 12.0. The quantitative estimate of drug-likeness (QED) is 0.799. The number of ketones is 1. The van der Waals surface area contributed by atoms with Gasteiger partial charge in [-0.3, -0.25) is 4.79 Å². The number of benzene rings is 1. The third-order valence-corrected chi connectivity index (χ3v) is 3.55. The van der Waals surface area contributed by atoms with Gasteiger partial charge in [-0.25, -0.2) is 0 Å². The summed E-state index contributed by atoms with van der Waals surface area (Å²) in [4.78, 5) is 12.0. The first kappa shape index (κ1) is 14.4. The molecule has 1 aromatic carbocycles. The Balaban J connectivity index is 2.01. The third-order valence-electron chi connectivity index (χ3n) is 3.55. The maximum Gasteiger partial charge on any atom is 0.173 e. The van der Waals surface area contributed by atoms with Gasteiger partial charge >= 0.3 is 0 Å². The maximum atomic E-state index is 12.0. The molecular formula is C16H19NO3. The SMILES string of the molecule is CCOc1cc(C#N)ccc1OCC(=O)C1CCCC1. The lowest BCUT2D eigenvalue weighted by molar-refractivity contribution is -0.124. The summed E-state index contributed by atoms with van der Waals surface area (Å²) in [5.41, 5.74) is 0.517. The zero-order valence-corrected chi connectivity index (χ0v) is 11.7. The van der Waals surface area contributed by atoms with Crippen molar-refractivity contribution in [2.75, 3.05) is 13.2 Å². The Kier molecular flexibility index (Phi) is 5.00. The molecule has 1 aliphatic carbocycles. The van der Waals surface area contributed by atoms with Crippen molar-refractivity contribution in [2.45, 2.75) is 32.6 Å². The lowest BCUT2D eigenvalue weighted by atomic mass is 10.0. The number of hydrogen-bond donors (Lipinski definition) is 0. The summed E-state index contributed by atoms with van der Waals surface area (Å²) < 4.78 is 11.0. The Morgan fingerprint density at radius 1 is 1.30 bits per heavy atom. The van der Waals surface area contributed by atoms with Gasteiger partial charge in [-0.1, -0.05) is 12.8 Å². The van der Waals surface area contributed by atoms with Gasteiger partial charge in [0.15, 0.2) is 17.3 Å². The highest BCUT2D eigenvalue weighted by Gasteiger charge is 2.23. The fourth-order valence-corrected chi connectivity index (χ4v) is 2.48. The predicted molar refractivity (Wildman–Crippen MR) is 74.8 cm³/mol. The molecule has 0 unspecified atom stereocenters. The number of ether oxygens (including phenoxy) is 2. The highest BCUT2D eigenvalue weighted by molar-refractivity contribution is 5.82. The number of carbonyl (C=O) groups is 1. The molecule has 1 aliphatic rings. The minimum absolute atomic E-state index is 0.0800. The monoisotopic (exact) mass is 273 g/mol. The Morgan fingerprint density at radius 3 is 2.70 bits per heavy atom. The lowest BCUT2D eigenvalue weighted by Crippen LogP contribution is -2.19. The van der Waals surface area contributed by atoms with E-state index in [0.29, 0.717) is 23.7 Å². The normalized spacial score (nSPS) is 14.8. The first-order valence-corrected chi connectivity index (χ1v) is 7.07. The van der Waals surface area contributed by atoms with E-state index in [0.717, 1.165) is 25.7 Å². The average molecular weight is 273 g/mol. The predicted octanol–water partition coefficient (Wildman–Crippen LogP) is 3.10. The van der Waals surface area contributed by atoms with Crippen LogP contribution in [0.25, 0.3) is 0 Å². The smallest absolute Gasteiger partial charge is 0.173 e. The van der Waals surface area contributed by atoms with Crippen molar-refractivity contribution in [2.24, 2.45) is 5.92 Å². The van der Waals surface area contributed by atoms with Gasteiger partial charge in [0.2, 0.25) is 0 Å². The molecule has 0 bridgehead atoms. The Bertz CT molecular complexity index is 513. The molecule has 0 N–H and O–H groups in total. The molecule has 1 aromatic rings. The third kappa shape index (κ3) is 3.51. The van der Waals surface area contributed by atoms with Crippen molar-refractivity contribution in [1.82, 2.24) is 0 Å². The van der Waals surface area contributed by atoms with Gasteiger partial charge in [-0.2, -0.15) is 5.26 Å². The molecule has 106 valence electrons. The summed E-state index contributed by atoms with van der Waals surface area (Å²) in [6.45, 7) is 2.44. The van der Waals surface area contributed by atoms with Gasteiger partial charge in [0.25, 0.3) is 0 Å². The second-order valence-electron chi connectivity index (χ2n) is 4.94. The average Bonchev–Trinajstić information content (AvgIpc) is 3.00.